The maximum absolute atomic E-state index is 6.13. The lowest BCUT2D eigenvalue weighted by atomic mass is 9.99. The molecule has 0 aliphatic carbocycles. The number of benzene rings is 1. The molecule has 0 N–H and O–H groups in total. The highest BCUT2D eigenvalue weighted by Gasteiger charge is 2.37. The van der Waals surface area contributed by atoms with Gasteiger partial charge in [-0.2, -0.15) is 10.1 Å². The molecular weight excluding hydrogens is 368 g/mol. The fraction of sp³-hybridized carbons (Fsp3) is 0.316. The monoisotopic (exact) mass is 384 g/mol. The third-order valence-electron chi connectivity index (χ3n) is 4.99. The van der Waals surface area contributed by atoms with E-state index in [2.05, 4.69) is 15.2 Å². The van der Waals surface area contributed by atoms with Gasteiger partial charge >= 0.3 is 0 Å². The standard InChI is InChI=1S/C19H17ClN4O3/c1-10-7-12(20)8-11-9-15(26-16(10)11)18-22-19(27-23-18)13-4-6-25-17(13)14-3-5-21-24(14)2/h3,5,7-9,13,17H,4,6H2,1-2H3/t13-,17-/m1/s1. The van der Waals surface area contributed by atoms with Gasteiger partial charge in [-0.3, -0.25) is 4.68 Å². The molecule has 0 amide bonds. The summed E-state index contributed by atoms with van der Waals surface area (Å²) < 4.78 is 19.2. The number of ether oxygens (including phenoxy) is 1. The minimum atomic E-state index is -0.150. The van der Waals surface area contributed by atoms with Gasteiger partial charge in [-0.1, -0.05) is 16.8 Å². The molecule has 3 aromatic heterocycles. The molecule has 138 valence electrons. The van der Waals surface area contributed by atoms with E-state index in [4.69, 9.17) is 25.3 Å². The number of rotatable bonds is 3. The van der Waals surface area contributed by atoms with Gasteiger partial charge in [-0.25, -0.2) is 0 Å². The molecule has 0 saturated carbocycles. The van der Waals surface area contributed by atoms with Gasteiger partial charge in [0.1, 0.15) is 11.7 Å². The molecule has 0 radical (unpaired) electrons. The zero-order valence-electron chi connectivity index (χ0n) is 14.8. The maximum atomic E-state index is 6.13. The van der Waals surface area contributed by atoms with Gasteiger partial charge in [-0.05, 0) is 43.2 Å². The van der Waals surface area contributed by atoms with Crippen LogP contribution in [-0.2, 0) is 11.8 Å². The van der Waals surface area contributed by atoms with Crippen molar-refractivity contribution in [3.05, 3.63) is 52.6 Å². The molecule has 5 rings (SSSR count). The Morgan fingerprint density at radius 2 is 2.15 bits per heavy atom. The van der Waals surface area contributed by atoms with Gasteiger partial charge in [0.15, 0.2) is 5.76 Å². The summed E-state index contributed by atoms with van der Waals surface area (Å²) in [6.07, 6.45) is 2.42. The highest BCUT2D eigenvalue weighted by Crippen LogP contribution is 2.41. The lowest BCUT2D eigenvalue weighted by Crippen LogP contribution is -2.11. The zero-order valence-corrected chi connectivity index (χ0v) is 15.6. The summed E-state index contributed by atoms with van der Waals surface area (Å²) >= 11 is 6.13. The van der Waals surface area contributed by atoms with Crippen molar-refractivity contribution in [3.63, 3.8) is 0 Å². The first-order chi connectivity index (χ1) is 13.1. The number of aryl methyl sites for hydroxylation is 2. The summed E-state index contributed by atoms with van der Waals surface area (Å²) in [6, 6.07) is 7.56. The SMILES string of the molecule is Cc1cc(Cl)cc2cc(-c3noc([C@@H]4CCO[C@H]4c4ccnn4C)n3)oc12. The number of furan rings is 1. The minimum Gasteiger partial charge on any atom is -0.452 e. The van der Waals surface area contributed by atoms with Gasteiger partial charge in [-0.15, -0.1) is 0 Å². The lowest BCUT2D eigenvalue weighted by Gasteiger charge is -2.15. The Morgan fingerprint density at radius 1 is 1.26 bits per heavy atom. The van der Waals surface area contributed by atoms with E-state index in [-0.39, 0.29) is 12.0 Å². The average molecular weight is 385 g/mol. The van der Waals surface area contributed by atoms with Crippen LogP contribution in [0.25, 0.3) is 22.6 Å². The van der Waals surface area contributed by atoms with Gasteiger partial charge in [0.25, 0.3) is 0 Å². The summed E-state index contributed by atoms with van der Waals surface area (Å²) in [5.41, 5.74) is 2.73. The Kier molecular flexibility index (Phi) is 3.80. The molecule has 1 aromatic carbocycles. The molecular formula is C19H17ClN4O3. The van der Waals surface area contributed by atoms with E-state index in [0.717, 1.165) is 28.6 Å². The number of hydrogen-bond donors (Lipinski definition) is 0. The van der Waals surface area contributed by atoms with E-state index in [1.165, 1.54) is 0 Å². The van der Waals surface area contributed by atoms with Crippen molar-refractivity contribution in [1.29, 1.82) is 0 Å². The molecule has 0 bridgehead atoms. The third kappa shape index (κ3) is 2.74. The number of hydrogen-bond acceptors (Lipinski definition) is 6. The molecule has 0 unspecified atom stereocenters. The smallest absolute Gasteiger partial charge is 0.238 e. The second-order valence-corrected chi connectivity index (χ2v) is 7.21. The van der Waals surface area contributed by atoms with Crippen LogP contribution in [0.4, 0.5) is 0 Å². The second-order valence-electron chi connectivity index (χ2n) is 6.77. The van der Waals surface area contributed by atoms with E-state index >= 15 is 0 Å². The van der Waals surface area contributed by atoms with Gasteiger partial charge in [0.05, 0.1) is 11.6 Å². The molecule has 1 aliphatic rings. The normalized spacial score (nSPS) is 20.0. The number of halogens is 1. The van der Waals surface area contributed by atoms with Crippen LogP contribution in [0.1, 0.15) is 35.6 Å². The molecule has 4 heterocycles. The first-order valence-corrected chi connectivity index (χ1v) is 9.11. The molecule has 1 aliphatic heterocycles. The van der Waals surface area contributed by atoms with E-state index < -0.39 is 0 Å². The molecule has 2 atom stereocenters. The van der Waals surface area contributed by atoms with E-state index in [9.17, 15) is 0 Å². The number of nitrogens with zero attached hydrogens (tertiary/aromatic N) is 4. The molecule has 1 fully saturated rings. The maximum Gasteiger partial charge on any atom is 0.238 e. The van der Waals surface area contributed by atoms with E-state index in [1.807, 2.05) is 42.9 Å². The van der Waals surface area contributed by atoms with Gasteiger partial charge in [0, 0.05) is 30.3 Å². The second kappa shape index (κ2) is 6.21. The van der Waals surface area contributed by atoms with Crippen molar-refractivity contribution in [2.45, 2.75) is 25.4 Å². The topological polar surface area (TPSA) is 79.1 Å². The summed E-state index contributed by atoms with van der Waals surface area (Å²) in [4.78, 5) is 4.59. The quantitative estimate of drug-likeness (QED) is 0.520. The van der Waals surface area contributed by atoms with Crippen LogP contribution in [0.2, 0.25) is 5.02 Å². The van der Waals surface area contributed by atoms with Gasteiger partial charge < -0.3 is 13.7 Å². The highest BCUT2D eigenvalue weighted by atomic mass is 35.5. The van der Waals surface area contributed by atoms with Crippen molar-refractivity contribution in [2.24, 2.45) is 7.05 Å². The predicted molar refractivity (Wildman–Crippen MR) is 98.5 cm³/mol. The van der Waals surface area contributed by atoms with Crippen LogP contribution in [0.3, 0.4) is 0 Å². The Bertz CT molecular complexity index is 1130. The molecule has 4 aromatic rings. The van der Waals surface area contributed by atoms with Crippen LogP contribution in [-0.4, -0.2) is 26.5 Å². The van der Waals surface area contributed by atoms with Crippen molar-refractivity contribution < 1.29 is 13.7 Å². The molecule has 1 saturated heterocycles. The first-order valence-electron chi connectivity index (χ1n) is 8.73. The van der Waals surface area contributed by atoms with Gasteiger partial charge in [0.2, 0.25) is 11.7 Å². The predicted octanol–water partition coefficient (Wildman–Crippen LogP) is 4.42. The van der Waals surface area contributed by atoms with E-state index in [0.29, 0.717) is 29.1 Å². The van der Waals surface area contributed by atoms with Crippen molar-refractivity contribution in [2.75, 3.05) is 6.61 Å². The third-order valence-corrected chi connectivity index (χ3v) is 5.21. The molecule has 27 heavy (non-hydrogen) atoms. The Labute approximate surface area is 159 Å². The Morgan fingerprint density at radius 3 is 2.96 bits per heavy atom. The van der Waals surface area contributed by atoms with Crippen LogP contribution >= 0.6 is 11.6 Å². The fourth-order valence-electron chi connectivity index (χ4n) is 3.68. The largest absolute Gasteiger partial charge is 0.452 e. The number of aromatic nitrogens is 4. The summed E-state index contributed by atoms with van der Waals surface area (Å²) in [7, 11) is 1.90. The fourth-order valence-corrected chi connectivity index (χ4v) is 3.96. The average Bonchev–Trinajstić information content (AvgIpc) is 3.39. The molecule has 8 heteroatoms. The lowest BCUT2D eigenvalue weighted by molar-refractivity contribution is 0.0921. The van der Waals surface area contributed by atoms with Crippen LogP contribution in [0.5, 0.6) is 0 Å². The summed E-state index contributed by atoms with van der Waals surface area (Å²) in [6.45, 7) is 2.60. The summed E-state index contributed by atoms with van der Waals surface area (Å²) in [5.74, 6) is 1.51. The molecule has 7 nitrogen and oxygen atoms in total. The van der Waals surface area contributed by atoms with E-state index in [1.54, 1.807) is 6.20 Å². The first kappa shape index (κ1) is 16.5. The zero-order chi connectivity index (χ0) is 18.5. The minimum absolute atomic E-state index is 0.0118. The van der Waals surface area contributed by atoms with Crippen molar-refractivity contribution in [1.82, 2.24) is 19.9 Å². The van der Waals surface area contributed by atoms with Crippen LogP contribution < -0.4 is 0 Å². The van der Waals surface area contributed by atoms with Crippen molar-refractivity contribution >= 4 is 22.6 Å². The van der Waals surface area contributed by atoms with Crippen LogP contribution in [0, 0.1) is 6.92 Å². The Hall–Kier alpha value is -2.64. The molecule has 0 spiro atoms. The van der Waals surface area contributed by atoms with Crippen LogP contribution in [0.15, 0.2) is 39.4 Å². The van der Waals surface area contributed by atoms with Crippen molar-refractivity contribution in [3.8, 4) is 11.6 Å². The highest BCUT2D eigenvalue weighted by molar-refractivity contribution is 6.31. The summed E-state index contributed by atoms with van der Waals surface area (Å²) in [5, 5.41) is 9.94. The number of fused-ring (bicyclic) bond motifs is 1. The Balaban J connectivity index is 1.49.